The van der Waals surface area contributed by atoms with Crippen LogP contribution in [0.1, 0.15) is 0 Å². The van der Waals surface area contributed by atoms with Gasteiger partial charge in [0.1, 0.15) is 11.3 Å². The Balaban J connectivity index is 0.000000720. The standard InChI is InChI=1S/C9H7NO.Bi.3H/c11-8-5-1-3-7-4-2-6-10-9(7)8;;;;/h1-6,11H;;;;. The number of rotatable bonds is 0. The van der Waals surface area contributed by atoms with Gasteiger partial charge in [0.25, 0.3) is 0 Å². The molecule has 2 nitrogen and oxygen atoms in total. The molecular weight excluding hydrogens is 347 g/mol. The van der Waals surface area contributed by atoms with Crippen LogP contribution < -0.4 is 0 Å². The van der Waals surface area contributed by atoms with Crippen molar-refractivity contribution in [1.82, 2.24) is 4.98 Å². The van der Waals surface area contributed by atoms with E-state index in [-0.39, 0.29) is 32.0 Å². The molecule has 0 amide bonds. The van der Waals surface area contributed by atoms with Gasteiger partial charge in [-0.3, -0.25) is 4.98 Å². The van der Waals surface area contributed by atoms with E-state index < -0.39 is 0 Å². The van der Waals surface area contributed by atoms with Crippen molar-refractivity contribution in [3.05, 3.63) is 36.5 Å². The Morgan fingerprint density at radius 3 is 2.58 bits per heavy atom. The Morgan fingerprint density at radius 1 is 1.08 bits per heavy atom. The van der Waals surface area contributed by atoms with E-state index in [1.807, 2.05) is 18.2 Å². The van der Waals surface area contributed by atoms with Crippen LogP contribution in [0.4, 0.5) is 0 Å². The van der Waals surface area contributed by atoms with Gasteiger partial charge in [0.15, 0.2) is 0 Å². The van der Waals surface area contributed by atoms with Crippen molar-refractivity contribution < 1.29 is 5.11 Å². The number of fused-ring (bicyclic) bond motifs is 1. The van der Waals surface area contributed by atoms with E-state index in [0.29, 0.717) is 5.52 Å². The number of benzene rings is 1. The third-order valence-corrected chi connectivity index (χ3v) is 1.61. The van der Waals surface area contributed by atoms with Crippen LogP contribution in [-0.4, -0.2) is 36.3 Å². The van der Waals surface area contributed by atoms with E-state index in [4.69, 9.17) is 0 Å². The normalized spacial score (nSPS) is 9.33. The molecule has 1 aromatic heterocycles. The van der Waals surface area contributed by atoms with Gasteiger partial charge in [-0.2, -0.15) is 0 Å². The molecule has 0 spiro atoms. The van der Waals surface area contributed by atoms with Gasteiger partial charge < -0.3 is 5.11 Å². The van der Waals surface area contributed by atoms with Gasteiger partial charge in [-0.05, 0) is 12.1 Å². The van der Waals surface area contributed by atoms with E-state index in [1.54, 1.807) is 18.3 Å². The van der Waals surface area contributed by atoms with Crippen LogP contribution in [0.2, 0.25) is 0 Å². The first-order valence-electron chi connectivity index (χ1n) is 3.40. The van der Waals surface area contributed by atoms with E-state index in [1.165, 1.54) is 0 Å². The van der Waals surface area contributed by atoms with Gasteiger partial charge in [0.05, 0.1) is 0 Å². The Hall–Kier alpha value is -0.687. The summed E-state index contributed by atoms with van der Waals surface area (Å²) in [6.45, 7) is 0. The molecule has 62 valence electrons. The number of phenols is 1. The summed E-state index contributed by atoms with van der Waals surface area (Å²) in [6.07, 6.45) is 1.67. The van der Waals surface area contributed by atoms with Crippen LogP contribution in [0, 0.1) is 0 Å². The summed E-state index contributed by atoms with van der Waals surface area (Å²) in [6, 6.07) is 9.13. The predicted octanol–water partition coefficient (Wildman–Crippen LogP) is 0.756. The molecule has 3 heteroatoms. The summed E-state index contributed by atoms with van der Waals surface area (Å²) in [5.41, 5.74) is 0.662. The quantitative estimate of drug-likeness (QED) is 0.707. The summed E-state index contributed by atoms with van der Waals surface area (Å²) in [5, 5.41) is 10.3. The summed E-state index contributed by atoms with van der Waals surface area (Å²) in [4.78, 5) is 4.03. The molecule has 1 heterocycles. The third kappa shape index (κ3) is 1.56. The zero-order valence-electron chi connectivity index (χ0n) is 6.57. The number of hydrogen-bond donors (Lipinski definition) is 1. The van der Waals surface area contributed by atoms with Crippen LogP contribution in [0.3, 0.4) is 0 Å². The molecule has 0 radical (unpaired) electrons. The molecule has 0 unspecified atom stereocenters. The van der Waals surface area contributed by atoms with Crippen LogP contribution in [0.15, 0.2) is 36.5 Å². The summed E-state index contributed by atoms with van der Waals surface area (Å²) in [7, 11) is 0. The molecule has 0 aliphatic rings. The van der Waals surface area contributed by atoms with Crippen LogP contribution in [-0.2, 0) is 0 Å². The zero-order chi connectivity index (χ0) is 7.68. The first kappa shape index (κ1) is 9.40. The third-order valence-electron chi connectivity index (χ3n) is 1.61. The number of para-hydroxylation sites is 1. The topological polar surface area (TPSA) is 33.1 Å². The van der Waals surface area contributed by atoms with Gasteiger partial charge >= 0.3 is 26.2 Å². The Morgan fingerprint density at radius 2 is 1.83 bits per heavy atom. The van der Waals surface area contributed by atoms with Crippen LogP contribution in [0.5, 0.6) is 5.75 Å². The van der Waals surface area contributed by atoms with E-state index in [2.05, 4.69) is 4.98 Å². The van der Waals surface area contributed by atoms with Crippen molar-refractivity contribution in [3.8, 4) is 5.75 Å². The second-order valence-corrected chi connectivity index (χ2v) is 2.35. The molecule has 0 bridgehead atoms. The molecule has 2 aromatic rings. The molecule has 0 saturated heterocycles. The molecule has 0 atom stereocenters. The fraction of sp³-hybridized carbons (Fsp3) is 0. The molecule has 1 N–H and O–H groups in total. The molecule has 0 fully saturated rings. The molecular formula is C9H10BiNO. The number of aromatic nitrogens is 1. The first-order valence-corrected chi connectivity index (χ1v) is 3.40. The number of phenolic OH excluding ortho intramolecular Hbond substituents is 1. The van der Waals surface area contributed by atoms with Crippen molar-refractivity contribution in [1.29, 1.82) is 0 Å². The zero-order valence-corrected chi connectivity index (χ0v) is 12.1. The van der Waals surface area contributed by atoms with Gasteiger partial charge in [-0.15, -0.1) is 0 Å². The second-order valence-electron chi connectivity index (χ2n) is 2.35. The molecule has 1 aromatic carbocycles. The van der Waals surface area contributed by atoms with Crippen molar-refractivity contribution in [3.63, 3.8) is 0 Å². The van der Waals surface area contributed by atoms with Gasteiger partial charge in [0, 0.05) is 11.6 Å². The van der Waals surface area contributed by atoms with Crippen molar-refractivity contribution in [2.24, 2.45) is 0 Å². The fourth-order valence-corrected chi connectivity index (χ4v) is 1.09. The van der Waals surface area contributed by atoms with E-state index in [9.17, 15) is 5.11 Å². The minimum absolute atomic E-state index is 0. The van der Waals surface area contributed by atoms with Crippen LogP contribution >= 0.6 is 0 Å². The fourth-order valence-electron chi connectivity index (χ4n) is 1.09. The maximum atomic E-state index is 9.31. The minimum atomic E-state index is 0. The Bertz CT molecular complexity index is 384. The van der Waals surface area contributed by atoms with Gasteiger partial charge in [0.2, 0.25) is 0 Å². The molecule has 0 aliphatic heterocycles. The number of nitrogens with zero attached hydrogens (tertiary/aromatic N) is 1. The van der Waals surface area contributed by atoms with Crippen molar-refractivity contribution in [2.75, 3.05) is 0 Å². The summed E-state index contributed by atoms with van der Waals surface area (Å²) >= 11 is 0. The van der Waals surface area contributed by atoms with Crippen molar-refractivity contribution in [2.45, 2.75) is 0 Å². The first-order chi connectivity index (χ1) is 5.38. The summed E-state index contributed by atoms with van der Waals surface area (Å²) in [5.74, 6) is 0.239. The molecule has 12 heavy (non-hydrogen) atoms. The molecule has 2 rings (SSSR count). The number of pyridine rings is 1. The average Bonchev–Trinajstić information content (AvgIpc) is 2.06. The maximum absolute atomic E-state index is 9.31. The second kappa shape index (κ2) is 3.81. The Labute approximate surface area is 89.4 Å². The van der Waals surface area contributed by atoms with Crippen LogP contribution in [0.25, 0.3) is 10.9 Å². The predicted molar refractivity (Wildman–Crippen MR) is 53.3 cm³/mol. The van der Waals surface area contributed by atoms with Crippen molar-refractivity contribution >= 4 is 37.1 Å². The molecule has 0 saturated carbocycles. The number of aromatic hydroxyl groups is 1. The summed E-state index contributed by atoms with van der Waals surface area (Å²) < 4.78 is 0. The van der Waals surface area contributed by atoms with Gasteiger partial charge in [-0.25, -0.2) is 0 Å². The number of hydrogen-bond acceptors (Lipinski definition) is 2. The SMILES string of the molecule is Oc1cccc2cccnc12.[BiH3]. The van der Waals surface area contributed by atoms with E-state index in [0.717, 1.165) is 5.39 Å². The molecule has 0 aliphatic carbocycles. The average molecular weight is 357 g/mol. The van der Waals surface area contributed by atoms with E-state index >= 15 is 0 Å². The monoisotopic (exact) mass is 357 g/mol. The Kier molecular flexibility index (Phi) is 2.99. The van der Waals surface area contributed by atoms with Gasteiger partial charge in [-0.1, -0.05) is 18.2 Å².